The number of aromatic nitrogens is 3. The van der Waals surface area contributed by atoms with Gasteiger partial charge in [0.15, 0.2) is 5.96 Å². The van der Waals surface area contributed by atoms with Gasteiger partial charge in [-0.1, -0.05) is 18.6 Å². The number of aryl methyl sites for hydroxylation is 3. The van der Waals surface area contributed by atoms with Crippen molar-refractivity contribution in [1.29, 1.82) is 0 Å². The molecular formula is C22H35IN6O. The lowest BCUT2D eigenvalue weighted by Crippen LogP contribution is -2.37. The second kappa shape index (κ2) is 12.8. The van der Waals surface area contributed by atoms with Crippen LogP contribution in [0.15, 0.2) is 23.2 Å². The fourth-order valence-electron chi connectivity index (χ4n) is 3.67. The second-order valence-electron chi connectivity index (χ2n) is 7.54. The molecule has 1 aliphatic rings. The molecule has 2 N–H and O–H groups in total. The Labute approximate surface area is 197 Å². The van der Waals surface area contributed by atoms with Crippen LogP contribution in [0.3, 0.4) is 0 Å². The predicted octanol–water partition coefficient (Wildman–Crippen LogP) is 3.63. The molecule has 0 spiro atoms. The minimum atomic E-state index is 0. The molecule has 0 radical (unpaired) electrons. The van der Waals surface area contributed by atoms with Crippen LogP contribution in [0.4, 0.5) is 0 Å². The Balaban J connectivity index is 0.00000320. The SMILES string of the molecule is CCNC(=NCc1ccc(C)cc1OC)NCCCc1nnc2n1CCCCC2.I. The highest BCUT2D eigenvalue weighted by atomic mass is 127. The molecule has 1 aliphatic heterocycles. The Hall–Kier alpha value is -1.84. The molecule has 2 heterocycles. The summed E-state index contributed by atoms with van der Waals surface area (Å²) < 4.78 is 7.82. The zero-order chi connectivity index (χ0) is 20.5. The second-order valence-corrected chi connectivity index (χ2v) is 7.54. The summed E-state index contributed by atoms with van der Waals surface area (Å²) in [4.78, 5) is 4.72. The van der Waals surface area contributed by atoms with E-state index in [4.69, 9.17) is 9.73 Å². The number of aliphatic imine (C=N–C) groups is 1. The van der Waals surface area contributed by atoms with Gasteiger partial charge < -0.3 is 19.9 Å². The van der Waals surface area contributed by atoms with Crippen molar-refractivity contribution >= 4 is 29.9 Å². The van der Waals surface area contributed by atoms with E-state index < -0.39 is 0 Å². The quantitative estimate of drug-likeness (QED) is 0.238. The standard InChI is InChI=1S/C22H34N6O.HI/c1-4-23-22(25-16-18-12-11-17(2)15-19(18)29-3)24-13-8-10-21-27-26-20-9-6-5-7-14-28(20)21;/h11-12,15H,4-10,13-14,16H2,1-3H3,(H2,23,24,25);1H. The van der Waals surface area contributed by atoms with Crippen molar-refractivity contribution in [3.63, 3.8) is 0 Å². The lowest BCUT2D eigenvalue weighted by atomic mass is 10.1. The molecule has 0 unspecified atom stereocenters. The van der Waals surface area contributed by atoms with Crippen molar-refractivity contribution in [2.24, 2.45) is 4.99 Å². The zero-order valence-corrected chi connectivity index (χ0v) is 20.7. The van der Waals surface area contributed by atoms with Crippen LogP contribution in [-0.4, -0.2) is 40.9 Å². The smallest absolute Gasteiger partial charge is 0.191 e. The first-order chi connectivity index (χ1) is 14.2. The summed E-state index contributed by atoms with van der Waals surface area (Å²) in [5.41, 5.74) is 2.27. The summed E-state index contributed by atoms with van der Waals surface area (Å²) in [6, 6.07) is 6.22. The van der Waals surface area contributed by atoms with Crippen molar-refractivity contribution in [3.8, 4) is 5.75 Å². The van der Waals surface area contributed by atoms with E-state index in [1.165, 1.54) is 24.8 Å². The van der Waals surface area contributed by atoms with E-state index in [0.29, 0.717) is 6.54 Å². The van der Waals surface area contributed by atoms with E-state index in [0.717, 1.165) is 67.8 Å². The van der Waals surface area contributed by atoms with Crippen molar-refractivity contribution in [2.45, 2.75) is 65.5 Å². The number of halogens is 1. The number of hydrogen-bond acceptors (Lipinski definition) is 4. The van der Waals surface area contributed by atoms with Crippen LogP contribution in [0.2, 0.25) is 0 Å². The highest BCUT2D eigenvalue weighted by Gasteiger charge is 2.14. The Morgan fingerprint density at radius 2 is 2.07 bits per heavy atom. The largest absolute Gasteiger partial charge is 0.496 e. The normalized spacial score (nSPS) is 13.8. The number of ether oxygens (including phenoxy) is 1. The third-order valence-corrected chi connectivity index (χ3v) is 5.25. The molecule has 0 bridgehead atoms. The number of benzene rings is 1. The van der Waals surface area contributed by atoms with E-state index in [1.54, 1.807) is 7.11 Å². The summed E-state index contributed by atoms with van der Waals surface area (Å²) >= 11 is 0. The number of nitrogens with one attached hydrogen (secondary N) is 2. The molecule has 2 aromatic rings. The van der Waals surface area contributed by atoms with Gasteiger partial charge in [-0.05, 0) is 44.7 Å². The summed E-state index contributed by atoms with van der Waals surface area (Å²) in [5, 5.41) is 15.6. The molecule has 7 nitrogen and oxygen atoms in total. The van der Waals surface area contributed by atoms with E-state index in [2.05, 4.69) is 51.4 Å². The molecule has 30 heavy (non-hydrogen) atoms. The molecule has 1 aromatic heterocycles. The minimum Gasteiger partial charge on any atom is -0.496 e. The van der Waals surface area contributed by atoms with Gasteiger partial charge in [-0.2, -0.15) is 0 Å². The van der Waals surface area contributed by atoms with Crippen LogP contribution in [-0.2, 0) is 25.9 Å². The molecule has 166 valence electrons. The summed E-state index contributed by atoms with van der Waals surface area (Å²) in [5.74, 6) is 4.00. The van der Waals surface area contributed by atoms with Gasteiger partial charge in [0, 0.05) is 38.0 Å². The van der Waals surface area contributed by atoms with Crippen LogP contribution in [0.1, 0.15) is 55.4 Å². The van der Waals surface area contributed by atoms with E-state index in [9.17, 15) is 0 Å². The maximum absolute atomic E-state index is 5.49. The van der Waals surface area contributed by atoms with Gasteiger partial charge in [-0.25, -0.2) is 4.99 Å². The molecule has 0 aliphatic carbocycles. The topological polar surface area (TPSA) is 76.4 Å². The van der Waals surface area contributed by atoms with E-state index in [1.807, 2.05) is 6.07 Å². The molecule has 0 saturated carbocycles. The van der Waals surface area contributed by atoms with Gasteiger partial charge in [0.1, 0.15) is 17.4 Å². The first-order valence-corrected chi connectivity index (χ1v) is 10.8. The van der Waals surface area contributed by atoms with E-state index >= 15 is 0 Å². The first kappa shape index (κ1) is 24.4. The predicted molar refractivity (Wildman–Crippen MR) is 132 cm³/mol. The molecule has 0 atom stereocenters. The van der Waals surface area contributed by atoms with Gasteiger partial charge in [-0.3, -0.25) is 0 Å². The van der Waals surface area contributed by atoms with Gasteiger partial charge >= 0.3 is 0 Å². The summed E-state index contributed by atoms with van der Waals surface area (Å²) in [6.45, 7) is 7.46. The van der Waals surface area contributed by atoms with Gasteiger partial charge in [-0.15, -0.1) is 34.2 Å². The number of fused-ring (bicyclic) bond motifs is 1. The number of methoxy groups -OCH3 is 1. The van der Waals surface area contributed by atoms with Crippen LogP contribution in [0, 0.1) is 6.92 Å². The van der Waals surface area contributed by atoms with Gasteiger partial charge in [0.05, 0.1) is 13.7 Å². The molecule has 0 saturated heterocycles. The molecular weight excluding hydrogens is 491 g/mol. The molecule has 8 heteroatoms. The molecule has 0 amide bonds. The monoisotopic (exact) mass is 526 g/mol. The highest BCUT2D eigenvalue weighted by Crippen LogP contribution is 2.20. The van der Waals surface area contributed by atoms with Crippen molar-refractivity contribution in [3.05, 3.63) is 41.0 Å². The summed E-state index contributed by atoms with van der Waals surface area (Å²) in [6.07, 6.45) is 6.75. The lowest BCUT2D eigenvalue weighted by molar-refractivity contribution is 0.409. The van der Waals surface area contributed by atoms with Crippen molar-refractivity contribution in [2.75, 3.05) is 20.2 Å². The lowest BCUT2D eigenvalue weighted by Gasteiger charge is -2.13. The number of guanidine groups is 1. The van der Waals surface area contributed by atoms with Crippen LogP contribution in [0.25, 0.3) is 0 Å². The fourth-order valence-corrected chi connectivity index (χ4v) is 3.67. The van der Waals surface area contributed by atoms with Gasteiger partial charge in [0.25, 0.3) is 0 Å². The Kier molecular flexibility index (Phi) is 10.4. The third kappa shape index (κ3) is 6.85. The van der Waals surface area contributed by atoms with Crippen molar-refractivity contribution < 1.29 is 4.74 Å². The number of hydrogen-bond donors (Lipinski definition) is 2. The average molecular weight is 526 g/mol. The summed E-state index contributed by atoms with van der Waals surface area (Å²) in [7, 11) is 1.70. The first-order valence-electron chi connectivity index (χ1n) is 10.8. The van der Waals surface area contributed by atoms with E-state index in [-0.39, 0.29) is 24.0 Å². The van der Waals surface area contributed by atoms with Crippen LogP contribution >= 0.6 is 24.0 Å². The Morgan fingerprint density at radius 1 is 1.20 bits per heavy atom. The maximum Gasteiger partial charge on any atom is 0.191 e. The number of nitrogens with zero attached hydrogens (tertiary/aromatic N) is 4. The molecule has 3 rings (SSSR count). The third-order valence-electron chi connectivity index (χ3n) is 5.25. The fraction of sp³-hybridized carbons (Fsp3) is 0.591. The van der Waals surface area contributed by atoms with Crippen molar-refractivity contribution in [1.82, 2.24) is 25.4 Å². The van der Waals surface area contributed by atoms with Crippen LogP contribution < -0.4 is 15.4 Å². The molecule has 0 fully saturated rings. The Morgan fingerprint density at radius 3 is 2.87 bits per heavy atom. The minimum absolute atomic E-state index is 0. The average Bonchev–Trinajstić information content (AvgIpc) is 2.95. The zero-order valence-electron chi connectivity index (χ0n) is 18.4. The number of rotatable bonds is 8. The van der Waals surface area contributed by atoms with Gasteiger partial charge in [0.2, 0.25) is 0 Å². The maximum atomic E-state index is 5.49. The molecule has 1 aromatic carbocycles. The Bertz CT molecular complexity index is 820. The highest BCUT2D eigenvalue weighted by molar-refractivity contribution is 14.0. The van der Waals surface area contributed by atoms with Crippen LogP contribution in [0.5, 0.6) is 5.75 Å².